The number of hydrogen-bond donors (Lipinski definition) is 2. The van der Waals surface area contributed by atoms with Crippen molar-refractivity contribution in [2.45, 2.75) is 26.8 Å². The predicted octanol–water partition coefficient (Wildman–Crippen LogP) is 2.02. The molecule has 3 heteroatoms. The molecule has 0 aliphatic heterocycles. The lowest BCUT2D eigenvalue weighted by Crippen LogP contribution is -2.14. The van der Waals surface area contributed by atoms with E-state index in [4.69, 9.17) is 15.6 Å². The number of nitrogens with two attached hydrogens (primary N) is 1. The summed E-state index contributed by atoms with van der Waals surface area (Å²) in [4.78, 5) is 0. The molecule has 0 saturated heterocycles. The molecule has 0 radical (unpaired) electrons. The van der Waals surface area contributed by atoms with Crippen molar-refractivity contribution in [3.8, 4) is 5.75 Å². The van der Waals surface area contributed by atoms with Gasteiger partial charge in [-0.15, -0.1) is 0 Å². The topological polar surface area (TPSA) is 55.5 Å². The highest BCUT2D eigenvalue weighted by molar-refractivity contribution is 5.38. The maximum absolute atomic E-state index is 8.94. The van der Waals surface area contributed by atoms with Crippen LogP contribution < -0.4 is 10.5 Å². The predicted molar refractivity (Wildman–Crippen MR) is 65.5 cm³/mol. The Bertz CT molecular complexity index is 337. The normalized spacial score (nSPS) is 14.6. The number of aryl methyl sites for hydroxylation is 1. The minimum atomic E-state index is -0.0416. The van der Waals surface area contributed by atoms with Gasteiger partial charge in [0.05, 0.1) is 6.61 Å². The molecule has 0 fully saturated rings. The Morgan fingerprint density at radius 1 is 1.38 bits per heavy atom. The van der Waals surface area contributed by atoms with Crippen molar-refractivity contribution in [1.29, 1.82) is 0 Å². The van der Waals surface area contributed by atoms with E-state index in [1.807, 2.05) is 39.0 Å². The molecule has 1 aromatic rings. The van der Waals surface area contributed by atoms with Crippen LogP contribution in [0.5, 0.6) is 5.75 Å². The van der Waals surface area contributed by atoms with Gasteiger partial charge in [-0.2, -0.15) is 0 Å². The molecule has 0 amide bonds. The SMILES string of the molecule is Cc1ccc([C@H](C)N)c(OCC(C)CO)c1. The molecular formula is C13H21NO2. The summed E-state index contributed by atoms with van der Waals surface area (Å²) in [7, 11) is 0. The molecule has 1 unspecified atom stereocenters. The second-order valence-corrected chi connectivity index (χ2v) is 4.43. The molecule has 3 nitrogen and oxygen atoms in total. The van der Waals surface area contributed by atoms with Crippen molar-refractivity contribution in [2.75, 3.05) is 13.2 Å². The van der Waals surface area contributed by atoms with Crippen LogP contribution in [-0.4, -0.2) is 18.3 Å². The second kappa shape index (κ2) is 5.87. The van der Waals surface area contributed by atoms with Crippen molar-refractivity contribution >= 4 is 0 Å². The molecule has 0 saturated carbocycles. The first kappa shape index (κ1) is 13.0. The zero-order chi connectivity index (χ0) is 12.1. The molecule has 0 heterocycles. The van der Waals surface area contributed by atoms with Crippen LogP contribution in [0.3, 0.4) is 0 Å². The summed E-state index contributed by atoms with van der Waals surface area (Å²) in [6.07, 6.45) is 0. The van der Waals surface area contributed by atoms with Crippen LogP contribution >= 0.6 is 0 Å². The van der Waals surface area contributed by atoms with E-state index in [0.29, 0.717) is 6.61 Å². The summed E-state index contributed by atoms with van der Waals surface area (Å²) in [6.45, 7) is 6.56. The summed E-state index contributed by atoms with van der Waals surface area (Å²) in [5.41, 5.74) is 8.03. The summed E-state index contributed by atoms with van der Waals surface area (Å²) < 4.78 is 5.69. The summed E-state index contributed by atoms with van der Waals surface area (Å²) >= 11 is 0. The quantitative estimate of drug-likeness (QED) is 0.803. The first-order valence-corrected chi connectivity index (χ1v) is 5.64. The lowest BCUT2D eigenvalue weighted by atomic mass is 10.1. The van der Waals surface area contributed by atoms with Gasteiger partial charge in [0, 0.05) is 24.1 Å². The Labute approximate surface area is 97.2 Å². The fraction of sp³-hybridized carbons (Fsp3) is 0.538. The van der Waals surface area contributed by atoms with E-state index < -0.39 is 0 Å². The maximum atomic E-state index is 8.94. The molecule has 2 atom stereocenters. The lowest BCUT2D eigenvalue weighted by molar-refractivity contribution is 0.173. The fourth-order valence-electron chi connectivity index (χ4n) is 1.43. The zero-order valence-electron chi connectivity index (χ0n) is 10.2. The van der Waals surface area contributed by atoms with Gasteiger partial charge >= 0.3 is 0 Å². The van der Waals surface area contributed by atoms with Crippen LogP contribution in [0.25, 0.3) is 0 Å². The van der Waals surface area contributed by atoms with Gasteiger partial charge in [0.25, 0.3) is 0 Å². The van der Waals surface area contributed by atoms with Crippen molar-refractivity contribution in [3.05, 3.63) is 29.3 Å². The van der Waals surface area contributed by atoms with E-state index in [2.05, 4.69) is 0 Å². The number of rotatable bonds is 5. The third-order valence-electron chi connectivity index (χ3n) is 2.49. The highest BCUT2D eigenvalue weighted by Gasteiger charge is 2.09. The number of benzene rings is 1. The van der Waals surface area contributed by atoms with Crippen molar-refractivity contribution in [1.82, 2.24) is 0 Å². The number of aliphatic hydroxyl groups is 1. The molecular weight excluding hydrogens is 202 g/mol. The fourth-order valence-corrected chi connectivity index (χ4v) is 1.43. The minimum Gasteiger partial charge on any atom is -0.493 e. The summed E-state index contributed by atoms with van der Waals surface area (Å²) in [5.74, 6) is 0.969. The van der Waals surface area contributed by atoms with Gasteiger partial charge in [0.2, 0.25) is 0 Å². The van der Waals surface area contributed by atoms with Crippen molar-refractivity contribution in [3.63, 3.8) is 0 Å². The van der Waals surface area contributed by atoms with Gasteiger partial charge in [-0.25, -0.2) is 0 Å². The third-order valence-corrected chi connectivity index (χ3v) is 2.49. The van der Waals surface area contributed by atoms with Crippen LogP contribution in [0.1, 0.15) is 31.0 Å². The molecule has 16 heavy (non-hydrogen) atoms. The Hall–Kier alpha value is -1.06. The molecule has 1 aromatic carbocycles. The summed E-state index contributed by atoms with van der Waals surface area (Å²) in [5, 5.41) is 8.94. The van der Waals surface area contributed by atoms with Crippen LogP contribution in [-0.2, 0) is 0 Å². The average Bonchev–Trinajstić information content (AvgIpc) is 2.25. The van der Waals surface area contributed by atoms with E-state index in [9.17, 15) is 0 Å². The smallest absolute Gasteiger partial charge is 0.124 e. The molecule has 0 aliphatic carbocycles. The van der Waals surface area contributed by atoms with Crippen molar-refractivity contribution in [2.24, 2.45) is 11.7 Å². The zero-order valence-corrected chi connectivity index (χ0v) is 10.2. The first-order valence-electron chi connectivity index (χ1n) is 5.64. The van der Waals surface area contributed by atoms with Crippen LogP contribution in [0.2, 0.25) is 0 Å². The second-order valence-electron chi connectivity index (χ2n) is 4.43. The molecule has 90 valence electrons. The number of aliphatic hydroxyl groups excluding tert-OH is 1. The van der Waals surface area contributed by atoms with Crippen LogP contribution in [0.4, 0.5) is 0 Å². The highest BCUT2D eigenvalue weighted by Crippen LogP contribution is 2.25. The van der Waals surface area contributed by atoms with E-state index in [-0.39, 0.29) is 18.6 Å². The minimum absolute atomic E-state index is 0.0416. The highest BCUT2D eigenvalue weighted by atomic mass is 16.5. The van der Waals surface area contributed by atoms with E-state index in [1.165, 1.54) is 0 Å². The average molecular weight is 223 g/mol. The Balaban J connectivity index is 2.80. The molecule has 0 aromatic heterocycles. The van der Waals surface area contributed by atoms with Gasteiger partial charge in [-0.1, -0.05) is 19.1 Å². The van der Waals surface area contributed by atoms with Crippen LogP contribution in [0, 0.1) is 12.8 Å². The Morgan fingerprint density at radius 3 is 2.62 bits per heavy atom. The maximum Gasteiger partial charge on any atom is 0.124 e. The van der Waals surface area contributed by atoms with E-state index in [1.54, 1.807) is 0 Å². The summed E-state index contributed by atoms with van der Waals surface area (Å²) in [6, 6.07) is 5.97. The molecule has 0 bridgehead atoms. The largest absolute Gasteiger partial charge is 0.493 e. The number of hydrogen-bond acceptors (Lipinski definition) is 3. The van der Waals surface area contributed by atoms with Gasteiger partial charge in [0.15, 0.2) is 0 Å². The third kappa shape index (κ3) is 3.51. The van der Waals surface area contributed by atoms with Gasteiger partial charge < -0.3 is 15.6 Å². The standard InChI is InChI=1S/C13H21NO2/c1-9-4-5-12(11(3)14)13(6-9)16-8-10(2)7-15/h4-6,10-11,15H,7-8,14H2,1-3H3/t10?,11-/m0/s1. The molecule has 1 rings (SSSR count). The monoisotopic (exact) mass is 223 g/mol. The van der Waals surface area contributed by atoms with Gasteiger partial charge in [0.1, 0.15) is 5.75 Å². The first-order chi connectivity index (χ1) is 7.54. The van der Waals surface area contributed by atoms with Gasteiger partial charge in [-0.05, 0) is 25.5 Å². The van der Waals surface area contributed by atoms with E-state index in [0.717, 1.165) is 16.9 Å². The Kier molecular flexibility index (Phi) is 4.77. The molecule has 0 spiro atoms. The molecule has 3 N–H and O–H groups in total. The lowest BCUT2D eigenvalue weighted by Gasteiger charge is -2.16. The van der Waals surface area contributed by atoms with Crippen molar-refractivity contribution < 1.29 is 9.84 Å². The Morgan fingerprint density at radius 2 is 2.06 bits per heavy atom. The molecule has 0 aliphatic rings. The number of ether oxygens (including phenoxy) is 1. The van der Waals surface area contributed by atoms with Gasteiger partial charge in [-0.3, -0.25) is 0 Å². The van der Waals surface area contributed by atoms with E-state index >= 15 is 0 Å². The van der Waals surface area contributed by atoms with Crippen LogP contribution in [0.15, 0.2) is 18.2 Å².